The fourth-order valence-corrected chi connectivity index (χ4v) is 5.07. The lowest BCUT2D eigenvalue weighted by Crippen LogP contribution is -2.28. The lowest BCUT2D eigenvalue weighted by atomic mass is 10.0. The number of nitrogens with zero attached hydrogens (tertiary/aromatic N) is 1. The molecule has 0 aliphatic carbocycles. The van der Waals surface area contributed by atoms with Gasteiger partial charge in [-0.1, -0.05) is 54.6 Å². The Kier molecular flexibility index (Phi) is 7.76. The molecule has 0 aromatic heterocycles. The quantitative estimate of drug-likeness (QED) is 0.503. The van der Waals surface area contributed by atoms with Crippen LogP contribution < -0.4 is 4.72 Å². The lowest BCUT2D eigenvalue weighted by molar-refractivity contribution is 0.272. The van der Waals surface area contributed by atoms with E-state index < -0.39 is 10.0 Å². The summed E-state index contributed by atoms with van der Waals surface area (Å²) < 4.78 is 27.8. The third-order valence-electron chi connectivity index (χ3n) is 5.86. The van der Waals surface area contributed by atoms with E-state index >= 15 is 0 Å². The first-order valence-electron chi connectivity index (χ1n) is 10.5. The summed E-state index contributed by atoms with van der Waals surface area (Å²) in [6.07, 6.45) is 3.69. The largest absolute Gasteiger partial charge is 0.300 e. The van der Waals surface area contributed by atoms with Gasteiger partial charge in [0.2, 0.25) is 0 Å². The molecule has 1 heterocycles. The highest BCUT2D eigenvalue weighted by molar-refractivity contribution is 7.92. The van der Waals surface area contributed by atoms with Crippen molar-refractivity contribution in [1.82, 2.24) is 4.90 Å². The van der Waals surface area contributed by atoms with Crippen LogP contribution in [0.1, 0.15) is 25.3 Å². The first kappa shape index (κ1) is 23.3. The Hall–Kier alpha value is -2.34. The maximum absolute atomic E-state index is 12.6. The van der Waals surface area contributed by atoms with Crippen molar-refractivity contribution < 1.29 is 8.42 Å². The van der Waals surface area contributed by atoms with E-state index in [1.54, 1.807) is 36.4 Å². The molecule has 0 bridgehead atoms. The molecule has 0 radical (unpaired) electrons. The Morgan fingerprint density at radius 3 is 2.10 bits per heavy atom. The lowest BCUT2D eigenvalue weighted by Gasteiger charge is -2.20. The second kappa shape index (κ2) is 10.3. The molecule has 164 valence electrons. The molecular formula is C25H29ClN2O2S. The van der Waals surface area contributed by atoms with E-state index in [0.29, 0.717) is 11.7 Å². The van der Waals surface area contributed by atoms with Gasteiger partial charge in [-0.15, -0.1) is 12.4 Å². The highest BCUT2D eigenvalue weighted by atomic mass is 35.5. The average Bonchev–Trinajstić information content (AvgIpc) is 3.18. The Balaban J connectivity index is 0.00000272. The van der Waals surface area contributed by atoms with Gasteiger partial charge in [-0.05, 0) is 73.7 Å². The van der Waals surface area contributed by atoms with Crippen LogP contribution in [0.25, 0.3) is 11.1 Å². The molecule has 0 saturated carbocycles. The molecule has 6 heteroatoms. The summed E-state index contributed by atoms with van der Waals surface area (Å²) >= 11 is 0. The molecule has 3 aromatic carbocycles. The number of hydrogen-bond acceptors (Lipinski definition) is 3. The minimum Gasteiger partial charge on any atom is -0.300 e. The van der Waals surface area contributed by atoms with E-state index in [-0.39, 0.29) is 17.3 Å². The molecule has 1 N–H and O–H groups in total. The highest BCUT2D eigenvalue weighted by Crippen LogP contribution is 2.24. The van der Waals surface area contributed by atoms with Crippen LogP contribution in [0.2, 0.25) is 0 Å². The number of benzene rings is 3. The molecular weight excluding hydrogens is 428 g/mol. The maximum Gasteiger partial charge on any atom is 0.261 e. The van der Waals surface area contributed by atoms with Crippen LogP contribution in [0.15, 0.2) is 83.8 Å². The highest BCUT2D eigenvalue weighted by Gasteiger charge is 2.19. The van der Waals surface area contributed by atoms with Gasteiger partial charge in [0.25, 0.3) is 10.0 Å². The van der Waals surface area contributed by atoms with Gasteiger partial charge in [-0.2, -0.15) is 0 Å². The van der Waals surface area contributed by atoms with E-state index in [1.807, 2.05) is 18.2 Å². The van der Waals surface area contributed by atoms with Gasteiger partial charge in [0.05, 0.1) is 4.90 Å². The molecule has 1 aliphatic rings. The summed E-state index contributed by atoms with van der Waals surface area (Å²) in [4.78, 5) is 2.82. The van der Waals surface area contributed by atoms with Crippen molar-refractivity contribution in [2.24, 2.45) is 0 Å². The number of hydrogen-bond donors (Lipinski definition) is 1. The first-order chi connectivity index (χ1) is 14.5. The number of sulfonamides is 1. The zero-order chi connectivity index (χ0) is 21.0. The standard InChI is InChI=1S/C25H28N2O2S.ClH/c1-20-6-5-18-27(20)19-17-21-9-11-22(12-10-21)23-13-15-25(16-14-23)30(28,29)26-24-7-3-2-4-8-24;/h2-4,7-16,20,26H,5-6,17-19H2,1H3;1H/t20-;/m1./s1. The number of para-hydroxylation sites is 1. The van der Waals surface area contributed by atoms with Gasteiger partial charge in [-0.3, -0.25) is 4.72 Å². The molecule has 0 unspecified atom stereocenters. The molecule has 1 saturated heterocycles. The normalized spacial score (nSPS) is 16.6. The van der Waals surface area contributed by atoms with E-state index in [9.17, 15) is 8.42 Å². The van der Waals surface area contributed by atoms with Gasteiger partial charge >= 0.3 is 0 Å². The summed E-state index contributed by atoms with van der Waals surface area (Å²) in [5, 5.41) is 0. The van der Waals surface area contributed by atoms with Crippen molar-refractivity contribution in [3.05, 3.63) is 84.4 Å². The maximum atomic E-state index is 12.6. The summed E-state index contributed by atoms with van der Waals surface area (Å²) in [5.74, 6) is 0. The average molecular weight is 457 g/mol. The molecule has 1 fully saturated rings. The summed E-state index contributed by atoms with van der Waals surface area (Å²) in [6, 6.07) is 25.3. The van der Waals surface area contributed by atoms with Gasteiger partial charge in [0.1, 0.15) is 0 Å². The van der Waals surface area contributed by atoms with Gasteiger partial charge in [0, 0.05) is 18.3 Å². The summed E-state index contributed by atoms with van der Waals surface area (Å²) in [5.41, 5.74) is 3.99. The number of nitrogens with one attached hydrogen (secondary N) is 1. The van der Waals surface area contributed by atoms with Crippen LogP contribution in [0.3, 0.4) is 0 Å². The molecule has 3 aromatic rings. The number of halogens is 1. The first-order valence-corrected chi connectivity index (χ1v) is 12.0. The molecule has 1 atom stereocenters. The fraction of sp³-hybridized carbons (Fsp3) is 0.280. The zero-order valence-electron chi connectivity index (χ0n) is 17.7. The second-order valence-corrected chi connectivity index (χ2v) is 9.65. The van der Waals surface area contributed by atoms with Gasteiger partial charge in [-0.25, -0.2) is 8.42 Å². The van der Waals surface area contributed by atoms with Crippen LogP contribution in [-0.2, 0) is 16.4 Å². The van der Waals surface area contributed by atoms with E-state index in [4.69, 9.17) is 0 Å². The van der Waals surface area contributed by atoms with Crippen LogP contribution in [0.5, 0.6) is 0 Å². The number of likely N-dealkylation sites (tertiary alicyclic amines) is 1. The van der Waals surface area contributed by atoms with Crippen LogP contribution in [0.4, 0.5) is 5.69 Å². The predicted octanol–water partition coefficient (Wildman–Crippen LogP) is 5.60. The zero-order valence-corrected chi connectivity index (χ0v) is 19.3. The Morgan fingerprint density at radius 2 is 1.52 bits per heavy atom. The Morgan fingerprint density at radius 1 is 0.903 bits per heavy atom. The second-order valence-electron chi connectivity index (χ2n) is 7.97. The van der Waals surface area contributed by atoms with E-state index in [2.05, 4.69) is 40.8 Å². The summed E-state index contributed by atoms with van der Waals surface area (Å²) in [6.45, 7) is 4.64. The molecule has 1 aliphatic heterocycles. The summed E-state index contributed by atoms with van der Waals surface area (Å²) in [7, 11) is -3.59. The number of anilines is 1. The third-order valence-corrected chi connectivity index (χ3v) is 7.25. The third kappa shape index (κ3) is 5.88. The van der Waals surface area contributed by atoms with E-state index in [0.717, 1.165) is 24.1 Å². The van der Waals surface area contributed by atoms with Crippen molar-refractivity contribution in [3.63, 3.8) is 0 Å². The van der Waals surface area contributed by atoms with E-state index in [1.165, 1.54) is 24.9 Å². The predicted molar refractivity (Wildman–Crippen MR) is 130 cm³/mol. The van der Waals surface area contributed by atoms with Crippen molar-refractivity contribution in [1.29, 1.82) is 0 Å². The van der Waals surface area contributed by atoms with Crippen molar-refractivity contribution >= 4 is 28.1 Å². The minimum atomic E-state index is -3.59. The molecule has 0 spiro atoms. The molecule has 31 heavy (non-hydrogen) atoms. The fourth-order valence-electron chi connectivity index (χ4n) is 4.01. The van der Waals surface area contributed by atoms with Crippen molar-refractivity contribution in [2.45, 2.75) is 37.1 Å². The SMILES string of the molecule is C[C@@H]1CCCN1CCc1ccc(-c2ccc(S(=O)(=O)Nc3ccccc3)cc2)cc1.Cl. The molecule has 0 amide bonds. The monoisotopic (exact) mass is 456 g/mol. The van der Waals surface area contributed by atoms with Gasteiger partial charge < -0.3 is 4.90 Å². The minimum absolute atomic E-state index is 0. The van der Waals surface area contributed by atoms with Crippen LogP contribution >= 0.6 is 12.4 Å². The Bertz CT molecular complexity index is 1070. The smallest absolute Gasteiger partial charge is 0.261 e. The van der Waals surface area contributed by atoms with Crippen LogP contribution in [0, 0.1) is 0 Å². The van der Waals surface area contributed by atoms with Crippen molar-refractivity contribution in [2.75, 3.05) is 17.8 Å². The van der Waals surface area contributed by atoms with Crippen LogP contribution in [-0.4, -0.2) is 32.4 Å². The Labute approximate surface area is 191 Å². The van der Waals surface area contributed by atoms with Crippen molar-refractivity contribution in [3.8, 4) is 11.1 Å². The molecule has 4 nitrogen and oxygen atoms in total. The topological polar surface area (TPSA) is 49.4 Å². The molecule has 4 rings (SSSR count). The van der Waals surface area contributed by atoms with Gasteiger partial charge in [0.15, 0.2) is 0 Å². The number of rotatable bonds is 7.